The number of carbonyl (C=O) groups excluding carboxylic acids is 1. The van der Waals surface area contributed by atoms with Crippen LogP contribution in [0.1, 0.15) is 5.56 Å². The number of hydrogen-bond acceptors (Lipinski definition) is 8. The van der Waals surface area contributed by atoms with Gasteiger partial charge in [0, 0.05) is 23.6 Å². The molecule has 6 rings (SSSR count). The van der Waals surface area contributed by atoms with Crippen LogP contribution >= 0.6 is 0 Å². The topological polar surface area (TPSA) is 106 Å². The second-order valence-corrected chi connectivity index (χ2v) is 10.6. The van der Waals surface area contributed by atoms with Crippen LogP contribution in [-0.4, -0.2) is 57.9 Å². The average Bonchev–Trinajstić information content (AvgIpc) is 3.44. The summed E-state index contributed by atoms with van der Waals surface area (Å²) < 4.78 is 13.6. The van der Waals surface area contributed by atoms with Crippen molar-refractivity contribution in [2.24, 2.45) is 0 Å². The van der Waals surface area contributed by atoms with Gasteiger partial charge in [0.15, 0.2) is 0 Å². The normalized spacial score (nSPS) is 11.0. The van der Waals surface area contributed by atoms with Gasteiger partial charge in [0.25, 0.3) is 0 Å². The summed E-state index contributed by atoms with van der Waals surface area (Å²) in [6, 6.07) is 31.1. The van der Waals surface area contributed by atoms with Crippen molar-refractivity contribution in [2.45, 2.75) is 6.61 Å². The molecule has 3 aromatic carbocycles. The first-order valence-corrected chi connectivity index (χ1v) is 14.4. The number of pyridine rings is 1. The summed E-state index contributed by atoms with van der Waals surface area (Å²) in [5.74, 6) is 1.60. The number of nitrogens with zero attached hydrogens (tertiary/aromatic N) is 5. The Balaban J connectivity index is 1.30. The Morgan fingerprint density at radius 3 is 2.49 bits per heavy atom. The number of fused-ring (bicyclic) bond motifs is 1. The van der Waals surface area contributed by atoms with Gasteiger partial charge < -0.3 is 25.0 Å². The molecule has 45 heavy (non-hydrogen) atoms. The Kier molecular flexibility index (Phi) is 8.65. The number of methoxy groups -OCH3 is 1. The van der Waals surface area contributed by atoms with E-state index in [0.29, 0.717) is 35.4 Å². The Hall–Kier alpha value is -5.74. The SMILES string of the molecule is COc1ccc(NC(=O)CN(C)C)cc1Nc1nccc(-c2c(-c3ccc(OCc4ccccc4)cc3)nc3ccccn23)n1. The largest absolute Gasteiger partial charge is 0.495 e. The zero-order valence-electron chi connectivity index (χ0n) is 25.3. The van der Waals surface area contributed by atoms with Crippen molar-refractivity contribution in [1.29, 1.82) is 0 Å². The lowest BCUT2D eigenvalue weighted by Gasteiger charge is -2.14. The van der Waals surface area contributed by atoms with Crippen LogP contribution in [0.2, 0.25) is 0 Å². The summed E-state index contributed by atoms with van der Waals surface area (Å²) in [5.41, 5.74) is 6.35. The first-order valence-electron chi connectivity index (χ1n) is 14.4. The van der Waals surface area contributed by atoms with Crippen molar-refractivity contribution < 1.29 is 14.3 Å². The maximum Gasteiger partial charge on any atom is 0.238 e. The molecule has 10 nitrogen and oxygen atoms in total. The molecule has 1 amide bonds. The smallest absolute Gasteiger partial charge is 0.238 e. The quantitative estimate of drug-likeness (QED) is 0.179. The predicted octanol–water partition coefficient (Wildman–Crippen LogP) is 6.29. The minimum atomic E-state index is -0.120. The van der Waals surface area contributed by atoms with Crippen LogP contribution in [0.25, 0.3) is 28.3 Å². The summed E-state index contributed by atoms with van der Waals surface area (Å²) in [7, 11) is 5.28. The molecule has 0 aliphatic heterocycles. The standard InChI is InChI=1S/C35H33N7O3/c1-41(2)22-32(43)37-26-14-17-30(44-3)29(21-26)39-35-36-19-18-28(38-35)34-33(40-31-11-7-8-20-42(31)34)25-12-15-27(16-13-25)45-23-24-9-5-4-6-10-24/h4-21H,22-23H2,1-3H3,(H,37,43)(H,36,38,39). The van der Waals surface area contributed by atoms with Gasteiger partial charge in [-0.1, -0.05) is 36.4 Å². The van der Waals surface area contributed by atoms with Gasteiger partial charge >= 0.3 is 0 Å². The van der Waals surface area contributed by atoms with Gasteiger partial charge in [-0.2, -0.15) is 0 Å². The Morgan fingerprint density at radius 2 is 1.71 bits per heavy atom. The van der Waals surface area contributed by atoms with Crippen molar-refractivity contribution in [3.63, 3.8) is 0 Å². The van der Waals surface area contributed by atoms with Crippen molar-refractivity contribution in [3.8, 4) is 34.1 Å². The van der Waals surface area contributed by atoms with E-state index in [2.05, 4.69) is 15.6 Å². The van der Waals surface area contributed by atoms with Crippen LogP contribution in [0.4, 0.5) is 17.3 Å². The molecular formula is C35H33N7O3. The van der Waals surface area contributed by atoms with Crippen LogP contribution < -0.4 is 20.1 Å². The second-order valence-electron chi connectivity index (χ2n) is 10.6. The van der Waals surface area contributed by atoms with Crippen LogP contribution in [0, 0.1) is 0 Å². The minimum absolute atomic E-state index is 0.120. The number of likely N-dealkylation sites (N-methyl/N-ethyl adjacent to an activating group) is 1. The van der Waals surface area contributed by atoms with Gasteiger partial charge in [-0.25, -0.2) is 15.0 Å². The molecule has 2 N–H and O–H groups in total. The molecule has 0 saturated heterocycles. The summed E-state index contributed by atoms with van der Waals surface area (Å²) in [5, 5.41) is 6.18. The molecule has 226 valence electrons. The zero-order valence-corrected chi connectivity index (χ0v) is 25.3. The summed E-state index contributed by atoms with van der Waals surface area (Å²) >= 11 is 0. The van der Waals surface area contributed by atoms with Crippen molar-refractivity contribution in [1.82, 2.24) is 24.3 Å². The fraction of sp³-hybridized carbons (Fsp3) is 0.143. The molecule has 0 spiro atoms. The van der Waals surface area contributed by atoms with E-state index in [1.54, 1.807) is 36.4 Å². The Labute approximate surface area is 261 Å². The Bertz CT molecular complexity index is 1920. The molecule has 10 heteroatoms. The van der Waals surface area contributed by atoms with E-state index in [-0.39, 0.29) is 12.5 Å². The first kappa shape index (κ1) is 29.3. The lowest BCUT2D eigenvalue weighted by Crippen LogP contribution is -2.27. The van der Waals surface area contributed by atoms with E-state index in [1.807, 2.05) is 104 Å². The third kappa shape index (κ3) is 6.92. The van der Waals surface area contributed by atoms with Crippen molar-refractivity contribution in [2.75, 3.05) is 38.4 Å². The molecule has 0 fully saturated rings. The van der Waals surface area contributed by atoms with Crippen molar-refractivity contribution in [3.05, 3.63) is 115 Å². The highest BCUT2D eigenvalue weighted by Crippen LogP contribution is 2.34. The number of anilines is 3. The molecule has 0 unspecified atom stereocenters. The third-order valence-electron chi connectivity index (χ3n) is 6.99. The predicted molar refractivity (Wildman–Crippen MR) is 176 cm³/mol. The highest BCUT2D eigenvalue weighted by Gasteiger charge is 2.18. The molecule has 3 heterocycles. The first-order chi connectivity index (χ1) is 22.0. The van der Waals surface area contributed by atoms with Gasteiger partial charge in [0.2, 0.25) is 11.9 Å². The van der Waals surface area contributed by atoms with E-state index < -0.39 is 0 Å². The maximum atomic E-state index is 12.3. The van der Waals surface area contributed by atoms with Crippen LogP contribution in [0.5, 0.6) is 11.5 Å². The molecule has 0 bridgehead atoms. The van der Waals surface area contributed by atoms with Gasteiger partial charge in [-0.15, -0.1) is 0 Å². The van der Waals surface area contributed by atoms with Crippen LogP contribution in [0.15, 0.2) is 109 Å². The van der Waals surface area contributed by atoms with E-state index >= 15 is 0 Å². The zero-order chi connectivity index (χ0) is 31.2. The van der Waals surface area contributed by atoms with E-state index in [0.717, 1.165) is 33.9 Å². The highest BCUT2D eigenvalue weighted by atomic mass is 16.5. The van der Waals surface area contributed by atoms with Crippen molar-refractivity contribution >= 4 is 28.9 Å². The highest BCUT2D eigenvalue weighted by molar-refractivity contribution is 5.93. The lowest BCUT2D eigenvalue weighted by molar-refractivity contribution is -0.116. The lowest BCUT2D eigenvalue weighted by atomic mass is 10.1. The molecule has 0 radical (unpaired) electrons. The van der Waals surface area contributed by atoms with Gasteiger partial charge in [0.1, 0.15) is 23.8 Å². The number of aromatic nitrogens is 4. The molecule has 0 aliphatic rings. The van der Waals surface area contributed by atoms with Gasteiger partial charge in [0.05, 0.1) is 36.4 Å². The molecule has 3 aromatic heterocycles. The number of rotatable bonds is 11. The fourth-order valence-corrected chi connectivity index (χ4v) is 4.93. The number of benzene rings is 3. The number of imidazole rings is 1. The molecule has 0 atom stereocenters. The maximum absolute atomic E-state index is 12.3. The Morgan fingerprint density at radius 1 is 0.911 bits per heavy atom. The third-order valence-corrected chi connectivity index (χ3v) is 6.99. The number of ether oxygens (including phenoxy) is 2. The number of carbonyl (C=O) groups is 1. The second kappa shape index (κ2) is 13.3. The van der Waals surface area contributed by atoms with E-state index in [9.17, 15) is 4.79 Å². The van der Waals surface area contributed by atoms with E-state index in [1.165, 1.54) is 0 Å². The number of hydrogen-bond donors (Lipinski definition) is 2. The summed E-state index contributed by atoms with van der Waals surface area (Å²) in [4.78, 5) is 28.5. The number of amides is 1. The number of nitrogens with one attached hydrogen (secondary N) is 2. The molecular weight excluding hydrogens is 566 g/mol. The minimum Gasteiger partial charge on any atom is -0.495 e. The van der Waals surface area contributed by atoms with E-state index in [4.69, 9.17) is 19.4 Å². The summed E-state index contributed by atoms with van der Waals surface area (Å²) in [6.45, 7) is 0.762. The molecule has 0 aliphatic carbocycles. The molecule has 0 saturated carbocycles. The van der Waals surface area contributed by atoms with Gasteiger partial charge in [-0.05, 0) is 80.3 Å². The molecule has 6 aromatic rings. The van der Waals surface area contributed by atoms with Crippen LogP contribution in [-0.2, 0) is 11.4 Å². The van der Waals surface area contributed by atoms with Crippen LogP contribution in [0.3, 0.4) is 0 Å². The van der Waals surface area contributed by atoms with Gasteiger partial charge in [-0.3, -0.25) is 9.20 Å². The average molecular weight is 600 g/mol. The fourth-order valence-electron chi connectivity index (χ4n) is 4.93. The summed E-state index contributed by atoms with van der Waals surface area (Å²) in [6.07, 6.45) is 3.67. The monoisotopic (exact) mass is 599 g/mol.